The third-order valence-corrected chi connectivity index (χ3v) is 5.54. The first-order valence-electron chi connectivity index (χ1n) is 7.55. The molecule has 0 unspecified atom stereocenters. The van der Waals surface area contributed by atoms with E-state index in [1.165, 1.54) is 11.8 Å². The van der Waals surface area contributed by atoms with Gasteiger partial charge in [-0.25, -0.2) is 0 Å². The molecule has 0 bridgehead atoms. The number of nitrogens with one attached hydrogen (secondary N) is 1. The molecule has 0 aliphatic rings. The molecule has 0 spiro atoms. The van der Waals surface area contributed by atoms with Gasteiger partial charge in [-0.2, -0.15) is 0 Å². The molecule has 1 N–H and O–H groups in total. The first kappa shape index (κ1) is 20.0. The van der Waals surface area contributed by atoms with Gasteiger partial charge in [-0.15, -0.1) is 11.8 Å². The number of thioether (sulfide) groups is 1. The van der Waals surface area contributed by atoms with E-state index >= 15 is 0 Å². The fourth-order valence-corrected chi connectivity index (χ4v) is 3.06. The number of carbonyl (C=O) groups excluding carboxylic acids is 2. The predicted molar refractivity (Wildman–Crippen MR) is 97.7 cm³/mol. The van der Waals surface area contributed by atoms with Gasteiger partial charge in [0.05, 0.1) is 5.75 Å². The normalized spacial score (nSPS) is 12.1. The second-order valence-electron chi connectivity index (χ2n) is 5.92. The molecule has 0 saturated heterocycles. The van der Waals surface area contributed by atoms with Gasteiger partial charge < -0.3 is 10.1 Å². The fraction of sp³-hybridized carbons (Fsp3) is 0.529. The zero-order valence-electron chi connectivity index (χ0n) is 14.2. The van der Waals surface area contributed by atoms with E-state index in [4.69, 9.17) is 4.74 Å². The van der Waals surface area contributed by atoms with E-state index < -0.39 is 0 Å². The minimum absolute atomic E-state index is 0.0592. The van der Waals surface area contributed by atoms with Crippen LogP contribution in [0.5, 0.6) is 0 Å². The van der Waals surface area contributed by atoms with Gasteiger partial charge in [0, 0.05) is 15.4 Å². The minimum atomic E-state index is -0.387. The molecular weight excluding hydrogens is 378 g/mol. The molecular formula is C17H24BrNO3S. The Morgan fingerprint density at radius 3 is 2.48 bits per heavy atom. The Kier molecular flexibility index (Phi) is 8.12. The summed E-state index contributed by atoms with van der Waals surface area (Å²) in [5, 5.41) is 2.80. The molecule has 6 heteroatoms. The van der Waals surface area contributed by atoms with Crippen molar-refractivity contribution < 1.29 is 14.3 Å². The van der Waals surface area contributed by atoms with E-state index in [0.717, 1.165) is 20.5 Å². The summed E-state index contributed by atoms with van der Waals surface area (Å²) in [6, 6.07) is 4.13. The number of halogens is 1. The van der Waals surface area contributed by atoms with E-state index in [9.17, 15) is 9.59 Å². The van der Waals surface area contributed by atoms with Crippen LogP contribution in [0.15, 0.2) is 21.5 Å². The number of aryl methyl sites for hydroxylation is 2. The number of benzene rings is 1. The van der Waals surface area contributed by atoms with Crippen LogP contribution in [0.1, 0.15) is 31.9 Å². The first-order chi connectivity index (χ1) is 10.7. The molecule has 4 nitrogen and oxygen atoms in total. The summed E-state index contributed by atoms with van der Waals surface area (Å²) in [4.78, 5) is 24.5. The Morgan fingerprint density at radius 2 is 1.87 bits per heavy atom. The quantitative estimate of drug-likeness (QED) is 0.556. The standard InChI is InChI=1S/C17H24BrNO3S/c1-10(2)13(5)19-16(20)8-22-17(21)9-23-15-7-11(3)14(18)6-12(15)4/h6-7,10,13H,8-9H2,1-5H3,(H,19,20)/t13-/m0/s1. The SMILES string of the molecule is Cc1cc(SCC(=O)OCC(=O)N[C@@H](C)C(C)C)c(C)cc1Br. The number of amides is 1. The number of hydrogen-bond donors (Lipinski definition) is 1. The maximum absolute atomic E-state index is 11.8. The van der Waals surface area contributed by atoms with Crippen LogP contribution in [0.2, 0.25) is 0 Å². The van der Waals surface area contributed by atoms with E-state index in [-0.39, 0.29) is 30.3 Å². The summed E-state index contributed by atoms with van der Waals surface area (Å²) in [5.74, 6) is -0.120. The second kappa shape index (κ2) is 9.33. The highest BCUT2D eigenvalue weighted by molar-refractivity contribution is 9.10. The molecule has 23 heavy (non-hydrogen) atoms. The molecule has 0 aromatic heterocycles. The van der Waals surface area contributed by atoms with Crippen molar-refractivity contribution in [2.24, 2.45) is 5.92 Å². The molecule has 1 aromatic rings. The molecule has 0 fully saturated rings. The smallest absolute Gasteiger partial charge is 0.316 e. The van der Waals surface area contributed by atoms with Gasteiger partial charge in [-0.3, -0.25) is 9.59 Å². The Balaban J connectivity index is 2.40. The maximum Gasteiger partial charge on any atom is 0.316 e. The lowest BCUT2D eigenvalue weighted by Gasteiger charge is -2.17. The Hall–Kier alpha value is -1.01. The molecule has 0 radical (unpaired) electrons. The van der Waals surface area contributed by atoms with Gasteiger partial charge in [0.1, 0.15) is 0 Å². The maximum atomic E-state index is 11.8. The Bertz CT molecular complexity index is 575. The largest absolute Gasteiger partial charge is 0.455 e. The number of hydrogen-bond acceptors (Lipinski definition) is 4. The molecule has 1 atom stereocenters. The molecule has 0 saturated carbocycles. The highest BCUT2D eigenvalue weighted by Crippen LogP contribution is 2.28. The predicted octanol–water partition coefficient (Wildman–Crippen LogP) is 3.86. The number of ether oxygens (including phenoxy) is 1. The van der Waals surface area contributed by atoms with Crippen LogP contribution >= 0.6 is 27.7 Å². The summed E-state index contributed by atoms with van der Waals surface area (Å²) in [7, 11) is 0. The molecule has 1 rings (SSSR count). The average molecular weight is 402 g/mol. The van der Waals surface area contributed by atoms with Gasteiger partial charge in [0.25, 0.3) is 5.91 Å². The monoisotopic (exact) mass is 401 g/mol. The van der Waals surface area contributed by atoms with Crippen molar-refractivity contribution in [1.82, 2.24) is 5.32 Å². The van der Waals surface area contributed by atoms with Crippen LogP contribution in [-0.4, -0.2) is 30.3 Å². The Morgan fingerprint density at radius 1 is 1.22 bits per heavy atom. The van der Waals surface area contributed by atoms with Crippen LogP contribution in [0.4, 0.5) is 0 Å². The highest BCUT2D eigenvalue weighted by Gasteiger charge is 2.13. The van der Waals surface area contributed by atoms with E-state index in [1.54, 1.807) is 0 Å². The highest BCUT2D eigenvalue weighted by atomic mass is 79.9. The summed E-state index contributed by atoms with van der Waals surface area (Å²) in [6.45, 7) is 9.75. The Labute approximate surface area is 150 Å². The van der Waals surface area contributed by atoms with Gasteiger partial charge in [0.2, 0.25) is 0 Å². The number of esters is 1. The van der Waals surface area contributed by atoms with Crippen molar-refractivity contribution in [2.75, 3.05) is 12.4 Å². The molecule has 128 valence electrons. The van der Waals surface area contributed by atoms with Crippen molar-refractivity contribution >= 4 is 39.6 Å². The average Bonchev–Trinajstić information content (AvgIpc) is 2.47. The molecule has 0 aliphatic carbocycles. The number of carbonyl (C=O) groups is 2. The lowest BCUT2D eigenvalue weighted by molar-refractivity contribution is -0.146. The lowest BCUT2D eigenvalue weighted by Crippen LogP contribution is -2.38. The molecule has 1 amide bonds. The van der Waals surface area contributed by atoms with Crippen molar-refractivity contribution in [3.63, 3.8) is 0 Å². The van der Waals surface area contributed by atoms with Crippen LogP contribution < -0.4 is 5.32 Å². The van der Waals surface area contributed by atoms with Crippen LogP contribution in [-0.2, 0) is 14.3 Å². The van der Waals surface area contributed by atoms with Crippen LogP contribution in [0.25, 0.3) is 0 Å². The van der Waals surface area contributed by atoms with Crippen molar-refractivity contribution in [2.45, 2.75) is 45.6 Å². The van der Waals surface area contributed by atoms with Gasteiger partial charge in [0.15, 0.2) is 6.61 Å². The second-order valence-corrected chi connectivity index (χ2v) is 7.79. The minimum Gasteiger partial charge on any atom is -0.455 e. The zero-order chi connectivity index (χ0) is 17.6. The summed E-state index contributed by atoms with van der Waals surface area (Å²) in [6.07, 6.45) is 0. The summed E-state index contributed by atoms with van der Waals surface area (Å²) >= 11 is 4.91. The van der Waals surface area contributed by atoms with Crippen LogP contribution in [0.3, 0.4) is 0 Å². The molecule has 0 aliphatic heterocycles. The molecule has 0 heterocycles. The van der Waals surface area contributed by atoms with Crippen molar-refractivity contribution in [1.29, 1.82) is 0 Å². The van der Waals surface area contributed by atoms with Gasteiger partial charge in [-0.1, -0.05) is 29.8 Å². The van der Waals surface area contributed by atoms with E-state index in [2.05, 4.69) is 21.2 Å². The lowest BCUT2D eigenvalue weighted by atomic mass is 10.1. The zero-order valence-corrected chi connectivity index (χ0v) is 16.6. The van der Waals surface area contributed by atoms with Gasteiger partial charge in [-0.05, 0) is 49.9 Å². The third-order valence-electron chi connectivity index (χ3n) is 3.55. The van der Waals surface area contributed by atoms with Gasteiger partial charge >= 0.3 is 5.97 Å². The summed E-state index contributed by atoms with van der Waals surface area (Å²) < 4.78 is 6.07. The van der Waals surface area contributed by atoms with Crippen molar-refractivity contribution in [3.8, 4) is 0 Å². The third kappa shape index (κ3) is 6.96. The van der Waals surface area contributed by atoms with E-state index in [1.807, 2.05) is 46.8 Å². The van der Waals surface area contributed by atoms with Crippen molar-refractivity contribution in [3.05, 3.63) is 27.7 Å². The fourth-order valence-electron chi connectivity index (χ4n) is 1.70. The topological polar surface area (TPSA) is 55.4 Å². The van der Waals surface area contributed by atoms with Crippen LogP contribution in [0, 0.1) is 19.8 Å². The number of rotatable bonds is 7. The van der Waals surface area contributed by atoms with E-state index in [0.29, 0.717) is 5.92 Å². The summed E-state index contributed by atoms with van der Waals surface area (Å²) in [5.41, 5.74) is 2.22. The molecule has 1 aromatic carbocycles. The first-order valence-corrected chi connectivity index (χ1v) is 9.33.